The van der Waals surface area contributed by atoms with Gasteiger partial charge in [-0.3, -0.25) is 4.79 Å². The molecule has 1 amide bonds. The third kappa shape index (κ3) is 6.52. The predicted molar refractivity (Wildman–Crippen MR) is 112 cm³/mol. The summed E-state index contributed by atoms with van der Waals surface area (Å²) in [4.78, 5) is 21.3. The van der Waals surface area contributed by atoms with Gasteiger partial charge in [0.2, 0.25) is 5.91 Å². The first-order chi connectivity index (χ1) is 14.3. The number of likely N-dealkylation sites (N-methyl/N-ethyl adjacent to an activating group) is 1. The fraction of sp³-hybridized carbons (Fsp3) is 0.524. The molecule has 164 valence electrons. The number of halogens is 3. The normalized spacial score (nSPS) is 16.0. The van der Waals surface area contributed by atoms with E-state index in [1.54, 1.807) is 11.4 Å². The number of nitrogens with one attached hydrogen (secondary N) is 1. The highest BCUT2D eigenvalue weighted by atomic mass is 32.1. The fourth-order valence-corrected chi connectivity index (χ4v) is 4.25. The standard InChI is InChI=1S/C21H27F3N4OS/c1-2-27-9-11-28(12-10-27)8-4-7-25-19(29)14-18-15-30-20(26-18)16-5-3-6-17(13-16)21(22,23)24/h3,5-6,13,15H,2,4,7-12,14H2,1H3,(H,25,29). The Hall–Kier alpha value is -1.97. The highest BCUT2D eigenvalue weighted by Crippen LogP contribution is 2.33. The van der Waals surface area contributed by atoms with Gasteiger partial charge in [-0.05, 0) is 31.6 Å². The number of nitrogens with zero attached hydrogens (tertiary/aromatic N) is 3. The van der Waals surface area contributed by atoms with E-state index in [0.717, 1.165) is 57.8 Å². The smallest absolute Gasteiger partial charge is 0.356 e. The van der Waals surface area contributed by atoms with Crippen LogP contribution in [-0.4, -0.2) is 66.5 Å². The number of amides is 1. The Balaban J connectivity index is 1.42. The van der Waals surface area contributed by atoms with E-state index in [1.165, 1.54) is 17.4 Å². The Morgan fingerprint density at radius 1 is 1.20 bits per heavy atom. The molecule has 0 atom stereocenters. The predicted octanol–water partition coefficient (Wildman–Crippen LogP) is 3.52. The lowest BCUT2D eigenvalue weighted by Gasteiger charge is -2.33. The van der Waals surface area contributed by atoms with E-state index in [2.05, 4.69) is 27.0 Å². The maximum absolute atomic E-state index is 12.9. The van der Waals surface area contributed by atoms with Crippen molar-refractivity contribution in [3.05, 3.63) is 40.9 Å². The first kappa shape index (κ1) is 22.7. The molecule has 9 heteroatoms. The lowest BCUT2D eigenvalue weighted by molar-refractivity contribution is -0.137. The van der Waals surface area contributed by atoms with E-state index in [9.17, 15) is 18.0 Å². The van der Waals surface area contributed by atoms with Crippen LogP contribution in [0.1, 0.15) is 24.6 Å². The Kier molecular flexibility index (Phi) is 7.85. The minimum atomic E-state index is -4.39. The summed E-state index contributed by atoms with van der Waals surface area (Å²) in [6.45, 7) is 9.18. The van der Waals surface area contributed by atoms with E-state index in [4.69, 9.17) is 0 Å². The van der Waals surface area contributed by atoms with E-state index >= 15 is 0 Å². The highest BCUT2D eigenvalue weighted by molar-refractivity contribution is 7.13. The lowest BCUT2D eigenvalue weighted by Crippen LogP contribution is -2.46. The molecule has 3 rings (SSSR count). The van der Waals surface area contributed by atoms with Gasteiger partial charge in [0.25, 0.3) is 0 Å². The molecule has 1 aromatic heterocycles. The van der Waals surface area contributed by atoms with Crippen LogP contribution >= 0.6 is 11.3 Å². The summed E-state index contributed by atoms with van der Waals surface area (Å²) in [5.74, 6) is -0.119. The third-order valence-corrected chi connectivity index (χ3v) is 6.16. The van der Waals surface area contributed by atoms with Gasteiger partial charge in [0, 0.05) is 43.7 Å². The van der Waals surface area contributed by atoms with Crippen molar-refractivity contribution in [2.75, 3.05) is 45.8 Å². The summed E-state index contributed by atoms with van der Waals surface area (Å²) in [5, 5.41) is 5.11. The molecular weight excluding hydrogens is 413 g/mol. The Morgan fingerprint density at radius 3 is 2.63 bits per heavy atom. The first-order valence-corrected chi connectivity index (χ1v) is 11.1. The van der Waals surface area contributed by atoms with Gasteiger partial charge in [0.1, 0.15) is 5.01 Å². The summed E-state index contributed by atoms with van der Waals surface area (Å²) >= 11 is 1.24. The van der Waals surface area contributed by atoms with E-state index < -0.39 is 11.7 Å². The van der Waals surface area contributed by atoms with Gasteiger partial charge in [-0.1, -0.05) is 19.1 Å². The van der Waals surface area contributed by atoms with E-state index in [0.29, 0.717) is 22.8 Å². The summed E-state index contributed by atoms with van der Waals surface area (Å²) < 4.78 is 38.7. The number of carbonyl (C=O) groups excluding carboxylic acids is 1. The maximum atomic E-state index is 12.9. The monoisotopic (exact) mass is 440 g/mol. The van der Waals surface area contributed by atoms with Crippen LogP contribution in [0.3, 0.4) is 0 Å². The molecule has 1 saturated heterocycles. The van der Waals surface area contributed by atoms with Crippen LogP contribution in [0.2, 0.25) is 0 Å². The third-order valence-electron chi connectivity index (χ3n) is 5.22. The first-order valence-electron chi connectivity index (χ1n) is 10.2. The van der Waals surface area contributed by atoms with Gasteiger partial charge < -0.3 is 15.1 Å². The van der Waals surface area contributed by atoms with Gasteiger partial charge in [-0.25, -0.2) is 4.98 Å². The van der Waals surface area contributed by atoms with Crippen molar-refractivity contribution in [3.8, 4) is 10.6 Å². The molecule has 1 aromatic carbocycles. The Labute approximate surface area is 178 Å². The molecular formula is C21H27F3N4OS. The van der Waals surface area contributed by atoms with Crippen LogP contribution in [0, 0.1) is 0 Å². The summed E-state index contributed by atoms with van der Waals surface area (Å²) in [6.07, 6.45) is -3.37. The van der Waals surface area contributed by atoms with Crippen LogP contribution in [-0.2, 0) is 17.4 Å². The molecule has 30 heavy (non-hydrogen) atoms. The van der Waals surface area contributed by atoms with Gasteiger partial charge >= 0.3 is 6.18 Å². The largest absolute Gasteiger partial charge is 0.416 e. The molecule has 0 aliphatic carbocycles. The molecule has 1 fully saturated rings. The van der Waals surface area contributed by atoms with Crippen molar-refractivity contribution >= 4 is 17.2 Å². The SMILES string of the molecule is CCN1CCN(CCCNC(=O)Cc2csc(-c3cccc(C(F)(F)F)c3)n2)CC1. The zero-order valence-corrected chi connectivity index (χ0v) is 17.9. The van der Waals surface area contributed by atoms with Crippen LogP contribution < -0.4 is 5.32 Å². The molecule has 0 radical (unpaired) electrons. The number of rotatable bonds is 8. The maximum Gasteiger partial charge on any atom is 0.416 e. The van der Waals surface area contributed by atoms with Crippen molar-refractivity contribution < 1.29 is 18.0 Å². The number of aromatic nitrogens is 1. The number of hydrogen-bond donors (Lipinski definition) is 1. The average Bonchev–Trinajstić information content (AvgIpc) is 3.19. The van der Waals surface area contributed by atoms with Gasteiger partial charge in [0.05, 0.1) is 17.7 Å². The second kappa shape index (κ2) is 10.4. The van der Waals surface area contributed by atoms with Crippen molar-refractivity contribution in [1.29, 1.82) is 0 Å². The second-order valence-electron chi connectivity index (χ2n) is 7.38. The molecule has 1 N–H and O–H groups in total. The summed E-state index contributed by atoms with van der Waals surface area (Å²) in [5.41, 5.74) is 0.274. The van der Waals surface area contributed by atoms with Crippen LogP contribution in [0.15, 0.2) is 29.6 Å². The van der Waals surface area contributed by atoms with Crippen LogP contribution in [0.25, 0.3) is 10.6 Å². The highest BCUT2D eigenvalue weighted by Gasteiger charge is 2.30. The Morgan fingerprint density at radius 2 is 1.93 bits per heavy atom. The van der Waals surface area contributed by atoms with Crippen LogP contribution in [0.5, 0.6) is 0 Å². The number of alkyl halides is 3. The number of carbonyl (C=O) groups is 1. The lowest BCUT2D eigenvalue weighted by atomic mass is 10.1. The van der Waals surface area contributed by atoms with Gasteiger partial charge in [-0.15, -0.1) is 11.3 Å². The number of hydrogen-bond acceptors (Lipinski definition) is 5. The molecule has 2 heterocycles. The Bertz CT molecular complexity index is 832. The molecule has 0 saturated carbocycles. The number of thiazole rings is 1. The zero-order chi connectivity index (χ0) is 21.6. The van der Waals surface area contributed by atoms with E-state index in [1.807, 2.05) is 0 Å². The van der Waals surface area contributed by atoms with Crippen LogP contribution in [0.4, 0.5) is 13.2 Å². The quantitative estimate of drug-likeness (QED) is 0.639. The zero-order valence-electron chi connectivity index (χ0n) is 17.0. The van der Waals surface area contributed by atoms with Crippen molar-refractivity contribution in [2.24, 2.45) is 0 Å². The van der Waals surface area contributed by atoms with E-state index in [-0.39, 0.29) is 12.3 Å². The van der Waals surface area contributed by atoms with Gasteiger partial charge in [-0.2, -0.15) is 13.2 Å². The second-order valence-corrected chi connectivity index (χ2v) is 8.24. The molecule has 0 bridgehead atoms. The number of benzene rings is 1. The average molecular weight is 441 g/mol. The summed E-state index contributed by atoms with van der Waals surface area (Å²) in [7, 11) is 0. The van der Waals surface area contributed by atoms with Crippen molar-refractivity contribution in [1.82, 2.24) is 20.1 Å². The molecule has 0 spiro atoms. The fourth-order valence-electron chi connectivity index (χ4n) is 3.44. The molecule has 0 unspecified atom stereocenters. The topological polar surface area (TPSA) is 48.5 Å². The molecule has 5 nitrogen and oxygen atoms in total. The minimum Gasteiger partial charge on any atom is -0.356 e. The molecule has 1 aliphatic heterocycles. The minimum absolute atomic E-state index is 0.119. The molecule has 1 aliphatic rings. The van der Waals surface area contributed by atoms with Crippen molar-refractivity contribution in [2.45, 2.75) is 25.9 Å². The van der Waals surface area contributed by atoms with Gasteiger partial charge in [0.15, 0.2) is 0 Å². The molecule has 2 aromatic rings. The summed E-state index contributed by atoms with van der Waals surface area (Å²) in [6, 6.07) is 5.09. The number of piperazine rings is 1. The van der Waals surface area contributed by atoms with Crippen molar-refractivity contribution in [3.63, 3.8) is 0 Å².